The molecule has 1 saturated heterocycles. The van der Waals surface area contributed by atoms with Gasteiger partial charge in [0, 0.05) is 18.0 Å². The van der Waals surface area contributed by atoms with Gasteiger partial charge in [0.1, 0.15) is 0 Å². The predicted molar refractivity (Wildman–Crippen MR) is 164 cm³/mol. The quantitative estimate of drug-likeness (QED) is 0.286. The lowest BCUT2D eigenvalue weighted by atomic mass is 9.97. The minimum absolute atomic E-state index is 0.125. The van der Waals surface area contributed by atoms with Gasteiger partial charge in [-0.15, -0.1) is 0 Å². The zero-order chi connectivity index (χ0) is 30.5. The maximum Gasteiger partial charge on any atom is 0.313 e. The molecule has 1 aliphatic heterocycles. The molecule has 2 bridgehead atoms. The Morgan fingerprint density at radius 3 is 2.21 bits per heavy atom. The fourth-order valence-electron chi connectivity index (χ4n) is 6.49. The molecule has 1 heterocycles. The number of nitriles is 1. The number of aliphatic hydroxyl groups is 1. The summed E-state index contributed by atoms with van der Waals surface area (Å²) in [5, 5.41) is 21.4. The summed E-state index contributed by atoms with van der Waals surface area (Å²) in [5.41, 5.74) is 13.4. The highest BCUT2D eigenvalue weighted by atomic mass is 16.6. The zero-order valence-corrected chi connectivity index (χ0v) is 24.2. The van der Waals surface area contributed by atoms with E-state index in [1.165, 1.54) is 30.9 Å². The Hall–Kier alpha value is -4.87. The van der Waals surface area contributed by atoms with Crippen molar-refractivity contribution in [2.45, 2.75) is 36.5 Å². The van der Waals surface area contributed by atoms with Gasteiger partial charge in [0.2, 0.25) is 5.91 Å². The normalized spacial score (nSPS) is 22.9. The summed E-state index contributed by atoms with van der Waals surface area (Å²) < 4.78 is 9.57. The Balaban J connectivity index is 0.000000129. The molecule has 4 unspecified atom stereocenters. The van der Waals surface area contributed by atoms with Gasteiger partial charge in [0.05, 0.1) is 43.3 Å². The number of benzene rings is 3. The second kappa shape index (κ2) is 13.0. The number of ether oxygens (including phenoxy) is 2. The second-order valence-corrected chi connectivity index (χ2v) is 10.9. The molecular weight excluding hydrogens is 542 g/mol. The van der Waals surface area contributed by atoms with E-state index in [9.17, 15) is 14.7 Å². The number of allylic oxidation sites excluding steroid dienone is 3. The molecule has 0 aromatic heterocycles. The van der Waals surface area contributed by atoms with Crippen molar-refractivity contribution in [3.8, 4) is 6.07 Å². The number of hydrogen-bond donors (Lipinski definition) is 3. The summed E-state index contributed by atoms with van der Waals surface area (Å²) in [6.07, 6.45) is 3.43. The molecule has 43 heavy (non-hydrogen) atoms. The van der Waals surface area contributed by atoms with Crippen LogP contribution in [0.15, 0.2) is 84.8 Å². The van der Waals surface area contributed by atoms with Crippen molar-refractivity contribution in [1.82, 2.24) is 5.32 Å². The lowest BCUT2D eigenvalue weighted by molar-refractivity contribution is -0.142. The van der Waals surface area contributed by atoms with Crippen LogP contribution in [0.2, 0.25) is 0 Å². The molecule has 4 atom stereocenters. The fourth-order valence-corrected chi connectivity index (χ4v) is 6.49. The molecule has 0 saturated carbocycles. The SMILES string of the molecule is CO/C(O)=C1\C=C(C#N)c2ccccc21.COC(=O)C1CC(CN)c2ccccc21.O=C1NCC2CC1c1ccccc12. The second-order valence-electron chi connectivity index (χ2n) is 10.9. The van der Waals surface area contributed by atoms with Crippen molar-refractivity contribution in [2.24, 2.45) is 5.73 Å². The maximum atomic E-state index is 11.6. The van der Waals surface area contributed by atoms with E-state index in [1.807, 2.05) is 48.5 Å². The number of aliphatic hydroxyl groups excluding tert-OH is 1. The fraction of sp³-hybridized carbons (Fsp3) is 0.286. The third kappa shape index (κ3) is 5.77. The average Bonchev–Trinajstić information content (AvgIpc) is 3.73. The molecule has 0 radical (unpaired) electrons. The summed E-state index contributed by atoms with van der Waals surface area (Å²) >= 11 is 0. The van der Waals surface area contributed by atoms with E-state index < -0.39 is 0 Å². The van der Waals surface area contributed by atoms with Gasteiger partial charge in [0.15, 0.2) is 0 Å². The molecule has 1 amide bonds. The van der Waals surface area contributed by atoms with Crippen LogP contribution in [0.3, 0.4) is 0 Å². The van der Waals surface area contributed by atoms with Crippen LogP contribution >= 0.6 is 0 Å². The highest BCUT2D eigenvalue weighted by Crippen LogP contribution is 2.44. The number of fused-ring (bicyclic) bond motifs is 7. The molecule has 1 fully saturated rings. The van der Waals surface area contributed by atoms with Crippen LogP contribution in [0.1, 0.15) is 69.9 Å². The number of carbonyl (C=O) groups excluding carboxylic acids is 2. The van der Waals surface area contributed by atoms with Gasteiger partial charge in [-0.25, -0.2) is 0 Å². The zero-order valence-electron chi connectivity index (χ0n) is 24.2. The summed E-state index contributed by atoms with van der Waals surface area (Å²) in [4.78, 5) is 23.1. The summed E-state index contributed by atoms with van der Waals surface area (Å²) in [5.74, 6) is 0.770. The van der Waals surface area contributed by atoms with Crippen molar-refractivity contribution in [1.29, 1.82) is 5.26 Å². The van der Waals surface area contributed by atoms with E-state index in [0.29, 0.717) is 29.5 Å². The molecule has 7 rings (SSSR count). The Morgan fingerprint density at radius 2 is 1.56 bits per heavy atom. The Labute approximate surface area is 251 Å². The van der Waals surface area contributed by atoms with Crippen LogP contribution < -0.4 is 11.1 Å². The van der Waals surface area contributed by atoms with E-state index in [4.69, 9.17) is 20.5 Å². The third-order valence-electron chi connectivity index (χ3n) is 8.61. The highest BCUT2D eigenvalue weighted by molar-refractivity contribution is 6.00. The van der Waals surface area contributed by atoms with Gasteiger partial charge in [-0.3, -0.25) is 9.59 Å². The Kier molecular flexibility index (Phi) is 8.93. The third-order valence-corrected chi connectivity index (χ3v) is 8.61. The number of carbonyl (C=O) groups is 2. The summed E-state index contributed by atoms with van der Waals surface area (Å²) in [6.45, 7) is 1.41. The van der Waals surface area contributed by atoms with Crippen LogP contribution in [0.5, 0.6) is 0 Å². The van der Waals surface area contributed by atoms with Crippen LogP contribution in [-0.4, -0.2) is 44.3 Å². The molecule has 8 nitrogen and oxygen atoms in total. The van der Waals surface area contributed by atoms with E-state index in [-0.39, 0.29) is 29.7 Å². The molecule has 4 aliphatic rings. The van der Waals surface area contributed by atoms with Crippen molar-refractivity contribution in [3.63, 3.8) is 0 Å². The van der Waals surface area contributed by atoms with Gasteiger partial charge >= 0.3 is 5.97 Å². The van der Waals surface area contributed by atoms with Crippen molar-refractivity contribution < 1.29 is 24.2 Å². The van der Waals surface area contributed by atoms with Gasteiger partial charge in [-0.1, -0.05) is 72.8 Å². The predicted octanol–water partition coefficient (Wildman–Crippen LogP) is 5.26. The average molecular weight is 578 g/mol. The van der Waals surface area contributed by atoms with Gasteiger partial charge < -0.3 is 25.6 Å². The number of piperidine rings is 1. The molecular formula is C35H35N3O5. The smallest absolute Gasteiger partial charge is 0.313 e. The van der Waals surface area contributed by atoms with Gasteiger partial charge in [0.25, 0.3) is 5.95 Å². The van der Waals surface area contributed by atoms with E-state index in [1.54, 1.807) is 6.08 Å². The summed E-state index contributed by atoms with van der Waals surface area (Å²) in [6, 6.07) is 25.8. The maximum absolute atomic E-state index is 11.6. The topological polar surface area (TPSA) is 135 Å². The minimum atomic E-state index is -0.160. The number of methoxy groups -OCH3 is 2. The van der Waals surface area contributed by atoms with Crippen molar-refractivity contribution in [2.75, 3.05) is 27.3 Å². The van der Waals surface area contributed by atoms with E-state index >= 15 is 0 Å². The standard InChI is InChI=1S/C12H15NO2.C12H9NO2.C11H11NO/c2*1-15-12(14)11-6-8(7-13)9-4-2-3-5-10(9)11;13-11-10-5-7(6-12-11)8-3-1-2-4-9(8)10/h2-5,8,11H,6-7,13H2,1H3;2-6,14H,1H3;1-4,7,10H,5-6H2,(H,12,13)/b;12-11+;. The number of nitrogens with zero attached hydrogens (tertiary/aromatic N) is 1. The minimum Gasteiger partial charge on any atom is -0.481 e. The van der Waals surface area contributed by atoms with Gasteiger partial charge in [-0.2, -0.15) is 5.26 Å². The molecule has 3 aromatic carbocycles. The molecule has 0 spiro atoms. The van der Waals surface area contributed by atoms with Crippen LogP contribution in [0.25, 0.3) is 11.1 Å². The number of amides is 1. The Morgan fingerprint density at radius 1 is 0.930 bits per heavy atom. The number of nitrogens with two attached hydrogens (primary N) is 1. The lowest BCUT2D eigenvalue weighted by Gasteiger charge is -2.19. The van der Waals surface area contributed by atoms with E-state index in [2.05, 4.69) is 35.7 Å². The van der Waals surface area contributed by atoms with Crippen molar-refractivity contribution >= 4 is 23.0 Å². The van der Waals surface area contributed by atoms with Crippen LogP contribution in [-0.2, 0) is 19.1 Å². The molecule has 4 N–H and O–H groups in total. The molecule has 8 heteroatoms. The van der Waals surface area contributed by atoms with Crippen LogP contribution in [0.4, 0.5) is 0 Å². The first-order valence-electron chi connectivity index (χ1n) is 14.3. The number of esters is 1. The molecule has 3 aromatic rings. The lowest BCUT2D eigenvalue weighted by Crippen LogP contribution is -2.34. The van der Waals surface area contributed by atoms with E-state index in [0.717, 1.165) is 36.1 Å². The van der Waals surface area contributed by atoms with Crippen LogP contribution in [0, 0.1) is 11.3 Å². The first-order chi connectivity index (χ1) is 20.9. The molecule has 3 aliphatic carbocycles. The Bertz CT molecular complexity index is 1640. The first kappa shape index (κ1) is 29.6. The monoisotopic (exact) mass is 577 g/mol. The number of nitrogens with one attached hydrogen (secondary N) is 1. The number of rotatable bonds is 3. The largest absolute Gasteiger partial charge is 0.481 e. The first-order valence-corrected chi connectivity index (χ1v) is 14.3. The molecule has 220 valence electrons. The highest BCUT2D eigenvalue weighted by Gasteiger charge is 2.39. The number of hydrogen-bond acceptors (Lipinski definition) is 7. The van der Waals surface area contributed by atoms with Crippen molar-refractivity contribution in [3.05, 3.63) is 118 Å². The van der Waals surface area contributed by atoms with Gasteiger partial charge in [-0.05, 0) is 59.2 Å². The summed E-state index contributed by atoms with van der Waals surface area (Å²) in [7, 11) is 2.82.